The number of fused-ring (bicyclic) bond motifs is 1. The Morgan fingerprint density at radius 3 is 2.92 bits per heavy atom. The fourth-order valence-electron chi connectivity index (χ4n) is 3.13. The fraction of sp³-hybridized carbons (Fsp3) is 0.200. The minimum Gasteiger partial charge on any atom is -0.487 e. The van der Waals surface area contributed by atoms with Gasteiger partial charge in [-0.15, -0.1) is 0 Å². The first-order valence-electron chi connectivity index (χ1n) is 8.46. The van der Waals surface area contributed by atoms with Crippen molar-refractivity contribution < 1.29 is 9.53 Å². The minimum atomic E-state index is -0.251. The molecule has 130 valence electrons. The molecule has 6 heteroatoms. The van der Waals surface area contributed by atoms with E-state index < -0.39 is 0 Å². The lowest BCUT2D eigenvalue weighted by Gasteiger charge is -2.13. The molecule has 6 nitrogen and oxygen atoms in total. The fourth-order valence-corrected chi connectivity index (χ4v) is 3.13. The Morgan fingerprint density at radius 2 is 2.15 bits per heavy atom. The Hall–Kier alpha value is -3.28. The second-order valence-corrected chi connectivity index (χ2v) is 6.26. The third-order valence-corrected chi connectivity index (χ3v) is 4.27. The molecule has 0 bridgehead atoms. The predicted molar refractivity (Wildman–Crippen MR) is 96.9 cm³/mol. The van der Waals surface area contributed by atoms with Gasteiger partial charge < -0.3 is 10.1 Å². The standard InChI is InChI=1S/C20H18N4O2/c1-13-8-14-10-15(11-24-20(25)18-12-21-6-7-23-18)26-19(14)16(9-13)17-4-2-3-5-22-17/h2-9,12,15H,10-11H2,1H3,(H,24,25)/t15-/m1/s1. The van der Waals surface area contributed by atoms with Crippen molar-refractivity contribution in [3.8, 4) is 17.0 Å². The Morgan fingerprint density at radius 1 is 1.23 bits per heavy atom. The molecule has 3 heterocycles. The van der Waals surface area contributed by atoms with E-state index in [1.807, 2.05) is 18.2 Å². The maximum atomic E-state index is 12.1. The molecule has 0 saturated heterocycles. The second kappa shape index (κ2) is 6.92. The molecule has 0 saturated carbocycles. The van der Waals surface area contributed by atoms with Gasteiger partial charge in [-0.3, -0.25) is 14.8 Å². The molecule has 0 radical (unpaired) electrons. The maximum absolute atomic E-state index is 12.1. The number of hydrogen-bond donors (Lipinski definition) is 1. The summed E-state index contributed by atoms with van der Waals surface area (Å²) in [6.45, 7) is 2.47. The van der Waals surface area contributed by atoms with E-state index in [4.69, 9.17) is 4.74 Å². The van der Waals surface area contributed by atoms with Crippen LogP contribution in [0.25, 0.3) is 11.3 Å². The van der Waals surface area contributed by atoms with Crippen LogP contribution in [0.1, 0.15) is 21.6 Å². The van der Waals surface area contributed by atoms with Crippen LogP contribution in [0.15, 0.2) is 55.1 Å². The van der Waals surface area contributed by atoms with Crippen LogP contribution < -0.4 is 10.1 Å². The molecule has 1 aromatic carbocycles. The molecule has 2 aromatic heterocycles. The zero-order valence-corrected chi connectivity index (χ0v) is 14.3. The highest BCUT2D eigenvalue weighted by molar-refractivity contribution is 5.91. The highest BCUT2D eigenvalue weighted by Crippen LogP contribution is 2.39. The average Bonchev–Trinajstić information content (AvgIpc) is 3.09. The van der Waals surface area contributed by atoms with Crippen LogP contribution in [0.4, 0.5) is 0 Å². The molecular formula is C20H18N4O2. The van der Waals surface area contributed by atoms with Crippen LogP contribution in [0, 0.1) is 6.92 Å². The summed E-state index contributed by atoms with van der Waals surface area (Å²) in [6.07, 6.45) is 6.89. The highest BCUT2D eigenvalue weighted by atomic mass is 16.5. The van der Waals surface area contributed by atoms with Crippen molar-refractivity contribution in [3.63, 3.8) is 0 Å². The SMILES string of the molecule is Cc1cc2c(c(-c3ccccn3)c1)O[C@@H](CNC(=O)c1cnccn1)C2. The maximum Gasteiger partial charge on any atom is 0.271 e. The van der Waals surface area contributed by atoms with Crippen LogP contribution >= 0.6 is 0 Å². The first-order chi connectivity index (χ1) is 12.7. The average molecular weight is 346 g/mol. The zero-order valence-electron chi connectivity index (χ0n) is 14.3. The molecule has 1 atom stereocenters. The smallest absolute Gasteiger partial charge is 0.271 e. The molecule has 1 N–H and O–H groups in total. The molecule has 0 unspecified atom stereocenters. The number of hydrogen-bond acceptors (Lipinski definition) is 5. The number of rotatable bonds is 4. The summed E-state index contributed by atoms with van der Waals surface area (Å²) in [5.41, 5.74) is 4.48. The number of nitrogens with one attached hydrogen (secondary N) is 1. The number of carbonyl (C=O) groups is 1. The van der Waals surface area contributed by atoms with Crippen LogP contribution in [-0.2, 0) is 6.42 Å². The van der Waals surface area contributed by atoms with Crippen molar-refractivity contribution in [2.24, 2.45) is 0 Å². The summed E-state index contributed by atoms with van der Waals surface area (Å²) in [6, 6.07) is 10.0. The van der Waals surface area contributed by atoms with Crippen molar-refractivity contribution >= 4 is 5.91 Å². The van der Waals surface area contributed by atoms with Gasteiger partial charge in [-0.05, 0) is 36.2 Å². The molecule has 0 fully saturated rings. The topological polar surface area (TPSA) is 77.0 Å². The molecule has 26 heavy (non-hydrogen) atoms. The molecule has 1 aliphatic heterocycles. The third-order valence-electron chi connectivity index (χ3n) is 4.27. The zero-order chi connectivity index (χ0) is 17.9. The van der Waals surface area contributed by atoms with Crippen LogP contribution in [0.3, 0.4) is 0 Å². The summed E-state index contributed by atoms with van der Waals surface area (Å²) in [5.74, 6) is 0.604. The van der Waals surface area contributed by atoms with Gasteiger partial charge in [0.15, 0.2) is 0 Å². The monoisotopic (exact) mass is 346 g/mol. The van der Waals surface area contributed by atoms with E-state index in [9.17, 15) is 4.79 Å². The second-order valence-electron chi connectivity index (χ2n) is 6.26. The van der Waals surface area contributed by atoms with Crippen molar-refractivity contribution in [2.75, 3.05) is 6.54 Å². The van der Waals surface area contributed by atoms with E-state index in [1.165, 1.54) is 18.6 Å². The quantitative estimate of drug-likeness (QED) is 0.786. The number of pyridine rings is 1. The van der Waals surface area contributed by atoms with Crippen LogP contribution in [0.5, 0.6) is 5.75 Å². The number of ether oxygens (including phenoxy) is 1. The van der Waals surface area contributed by atoms with Gasteiger partial charge in [0.1, 0.15) is 17.5 Å². The van der Waals surface area contributed by atoms with E-state index in [0.717, 1.165) is 34.6 Å². The van der Waals surface area contributed by atoms with Crippen molar-refractivity contribution in [2.45, 2.75) is 19.4 Å². The first kappa shape index (κ1) is 16.2. The number of benzene rings is 1. The number of aromatic nitrogens is 3. The highest BCUT2D eigenvalue weighted by Gasteiger charge is 2.27. The molecular weight excluding hydrogens is 328 g/mol. The van der Waals surface area contributed by atoms with Gasteiger partial charge in [-0.25, -0.2) is 4.98 Å². The predicted octanol–water partition coefficient (Wildman–Crippen LogP) is 2.58. The Labute approximate surface area is 151 Å². The summed E-state index contributed by atoms with van der Waals surface area (Å²) in [7, 11) is 0. The molecule has 1 aliphatic rings. The normalized spacial score (nSPS) is 15.2. The van der Waals surface area contributed by atoms with E-state index in [2.05, 4.69) is 39.3 Å². The van der Waals surface area contributed by atoms with E-state index >= 15 is 0 Å². The van der Waals surface area contributed by atoms with Gasteiger partial charge in [0.2, 0.25) is 0 Å². The van der Waals surface area contributed by atoms with Gasteiger partial charge in [-0.2, -0.15) is 0 Å². The summed E-state index contributed by atoms with van der Waals surface area (Å²) in [5, 5.41) is 2.87. The molecule has 1 amide bonds. The van der Waals surface area contributed by atoms with E-state index in [1.54, 1.807) is 6.20 Å². The molecule has 3 aromatic rings. The van der Waals surface area contributed by atoms with Crippen molar-refractivity contribution in [3.05, 3.63) is 71.9 Å². The summed E-state index contributed by atoms with van der Waals surface area (Å²) < 4.78 is 6.14. The lowest BCUT2D eigenvalue weighted by molar-refractivity contribution is 0.0928. The van der Waals surface area contributed by atoms with Crippen molar-refractivity contribution in [1.82, 2.24) is 20.3 Å². The largest absolute Gasteiger partial charge is 0.487 e. The minimum absolute atomic E-state index is 0.116. The first-order valence-corrected chi connectivity index (χ1v) is 8.46. The van der Waals surface area contributed by atoms with Gasteiger partial charge in [0, 0.05) is 30.6 Å². The molecule has 0 spiro atoms. The van der Waals surface area contributed by atoms with Crippen LogP contribution in [-0.4, -0.2) is 33.5 Å². The Bertz CT molecular complexity index is 929. The number of aryl methyl sites for hydroxylation is 1. The summed E-state index contributed by atoms with van der Waals surface area (Å²) >= 11 is 0. The van der Waals surface area contributed by atoms with Gasteiger partial charge in [-0.1, -0.05) is 12.1 Å². The van der Waals surface area contributed by atoms with E-state index in [0.29, 0.717) is 12.2 Å². The van der Waals surface area contributed by atoms with E-state index in [-0.39, 0.29) is 12.0 Å². The number of carbonyl (C=O) groups excluding carboxylic acids is 1. The Balaban J connectivity index is 1.50. The third kappa shape index (κ3) is 3.26. The van der Waals surface area contributed by atoms with Gasteiger partial charge >= 0.3 is 0 Å². The lowest BCUT2D eigenvalue weighted by atomic mass is 10.0. The number of nitrogens with zero attached hydrogens (tertiary/aromatic N) is 3. The lowest BCUT2D eigenvalue weighted by Crippen LogP contribution is -2.34. The molecule has 0 aliphatic carbocycles. The number of amides is 1. The van der Waals surface area contributed by atoms with Gasteiger partial charge in [0.05, 0.1) is 18.4 Å². The van der Waals surface area contributed by atoms with Crippen molar-refractivity contribution in [1.29, 1.82) is 0 Å². The van der Waals surface area contributed by atoms with Crippen LogP contribution in [0.2, 0.25) is 0 Å². The van der Waals surface area contributed by atoms with Gasteiger partial charge in [0.25, 0.3) is 5.91 Å². The molecule has 4 rings (SSSR count). The summed E-state index contributed by atoms with van der Waals surface area (Å²) in [4.78, 5) is 24.5. The Kier molecular flexibility index (Phi) is 4.31.